The molecule has 2 aromatic rings. The fourth-order valence-corrected chi connectivity index (χ4v) is 2.85. The molecule has 2 unspecified atom stereocenters. The highest BCUT2D eigenvalue weighted by molar-refractivity contribution is 6.28. The number of aliphatic hydroxyl groups excluding tert-OH is 3. The minimum atomic E-state index is -1.08. The summed E-state index contributed by atoms with van der Waals surface area (Å²) in [5.74, 6) is 0.116. The van der Waals surface area contributed by atoms with Crippen LogP contribution in [0.4, 0.5) is 5.82 Å². The van der Waals surface area contributed by atoms with Crippen molar-refractivity contribution in [3.63, 3.8) is 0 Å². The van der Waals surface area contributed by atoms with Crippen LogP contribution in [0.3, 0.4) is 0 Å². The number of imidazole rings is 1. The molecule has 2 aromatic heterocycles. The molecule has 1 aliphatic rings. The Kier molecular flexibility index (Phi) is 3.69. The third kappa shape index (κ3) is 2.05. The first-order valence-corrected chi connectivity index (χ1v) is 7.01. The molecule has 3 rings (SSSR count). The summed E-state index contributed by atoms with van der Waals surface area (Å²) in [5.41, 5.74) is 5.36. The number of anilines is 1. The Hall–Kier alpha value is -1.52. The van der Waals surface area contributed by atoms with E-state index in [1.807, 2.05) is 0 Å². The maximum atomic E-state index is 10.5. The Labute approximate surface area is 130 Å². The number of ether oxygens (including phenoxy) is 1. The average Bonchev–Trinajstić information content (AvgIpc) is 3.00. The van der Waals surface area contributed by atoms with Crippen LogP contribution in [0, 0.1) is 5.41 Å². The van der Waals surface area contributed by atoms with E-state index in [2.05, 4.69) is 15.0 Å². The van der Waals surface area contributed by atoms with Crippen LogP contribution in [-0.2, 0) is 4.74 Å². The zero-order chi connectivity index (χ0) is 16.1. The Bertz CT molecular complexity index is 710. The van der Waals surface area contributed by atoms with Crippen LogP contribution >= 0.6 is 11.6 Å². The van der Waals surface area contributed by atoms with Crippen molar-refractivity contribution >= 4 is 28.6 Å². The third-order valence-electron chi connectivity index (χ3n) is 4.19. The molecule has 1 saturated heterocycles. The number of nitrogen functional groups attached to an aromatic ring is 1. The van der Waals surface area contributed by atoms with Crippen LogP contribution in [-0.4, -0.2) is 60.3 Å². The molecule has 120 valence electrons. The molecule has 0 aliphatic carbocycles. The van der Waals surface area contributed by atoms with Gasteiger partial charge in [0, 0.05) is 5.41 Å². The molecule has 1 aliphatic heterocycles. The van der Waals surface area contributed by atoms with Crippen molar-refractivity contribution in [3.05, 3.63) is 11.6 Å². The standard InChI is InChI=1S/C12H16ClN5O4/c1-12(3-20)5(2-19)22-10(7(12)21)18-4-15-6-8(14)16-11(13)17-9(6)18/h4-5,7,10,19-21H,2-3H2,1H3,(H2,14,16,17)/t5-,7?,10?,12-/m1/s1. The van der Waals surface area contributed by atoms with Crippen molar-refractivity contribution in [1.29, 1.82) is 0 Å². The van der Waals surface area contributed by atoms with E-state index < -0.39 is 23.9 Å². The lowest BCUT2D eigenvalue weighted by atomic mass is 9.81. The lowest BCUT2D eigenvalue weighted by Gasteiger charge is -2.29. The number of nitrogens with two attached hydrogens (primary N) is 1. The topological polar surface area (TPSA) is 140 Å². The molecule has 0 amide bonds. The number of hydrogen-bond donors (Lipinski definition) is 4. The Morgan fingerprint density at radius 2 is 2.18 bits per heavy atom. The van der Waals surface area contributed by atoms with Crippen LogP contribution in [0.1, 0.15) is 13.2 Å². The molecule has 0 aromatic carbocycles. The molecule has 4 atom stereocenters. The second-order valence-electron chi connectivity index (χ2n) is 5.51. The van der Waals surface area contributed by atoms with Gasteiger partial charge in [-0.1, -0.05) is 6.92 Å². The van der Waals surface area contributed by atoms with Crippen LogP contribution in [0.15, 0.2) is 6.33 Å². The van der Waals surface area contributed by atoms with E-state index in [1.165, 1.54) is 10.9 Å². The van der Waals surface area contributed by atoms with Crippen molar-refractivity contribution in [2.75, 3.05) is 18.9 Å². The Morgan fingerprint density at radius 1 is 1.45 bits per heavy atom. The monoisotopic (exact) mass is 329 g/mol. The molecular formula is C12H16ClN5O4. The van der Waals surface area contributed by atoms with Crippen molar-refractivity contribution < 1.29 is 20.1 Å². The van der Waals surface area contributed by atoms with Crippen LogP contribution in [0.2, 0.25) is 5.28 Å². The molecule has 0 spiro atoms. The van der Waals surface area contributed by atoms with Crippen LogP contribution in [0.5, 0.6) is 0 Å². The fraction of sp³-hybridized carbons (Fsp3) is 0.583. The SMILES string of the molecule is C[C@]1(CO)C(O)C(n2cnc3c(N)nc(Cl)nc32)O[C@@H]1CO. The van der Waals surface area contributed by atoms with E-state index in [0.29, 0.717) is 11.2 Å². The van der Waals surface area contributed by atoms with E-state index >= 15 is 0 Å². The van der Waals surface area contributed by atoms with E-state index in [1.54, 1.807) is 6.92 Å². The van der Waals surface area contributed by atoms with Gasteiger partial charge in [0.25, 0.3) is 0 Å². The van der Waals surface area contributed by atoms with E-state index in [9.17, 15) is 15.3 Å². The van der Waals surface area contributed by atoms with Crippen molar-refractivity contribution in [2.24, 2.45) is 5.41 Å². The van der Waals surface area contributed by atoms with Gasteiger partial charge in [0.2, 0.25) is 5.28 Å². The molecule has 10 heteroatoms. The van der Waals surface area contributed by atoms with Crippen LogP contribution in [0.25, 0.3) is 11.2 Å². The van der Waals surface area contributed by atoms with Crippen molar-refractivity contribution in [1.82, 2.24) is 19.5 Å². The van der Waals surface area contributed by atoms with Gasteiger partial charge in [-0.2, -0.15) is 9.97 Å². The van der Waals surface area contributed by atoms with Crippen molar-refractivity contribution in [2.45, 2.75) is 25.4 Å². The van der Waals surface area contributed by atoms with Gasteiger partial charge in [0.1, 0.15) is 11.6 Å². The first-order chi connectivity index (χ1) is 10.4. The molecule has 3 heterocycles. The number of aliphatic hydroxyl groups is 3. The summed E-state index contributed by atoms with van der Waals surface area (Å²) in [6.45, 7) is 0.948. The number of rotatable bonds is 3. The largest absolute Gasteiger partial charge is 0.396 e. The second kappa shape index (κ2) is 5.28. The number of nitrogens with zero attached hydrogens (tertiary/aromatic N) is 4. The minimum absolute atomic E-state index is 0.0529. The minimum Gasteiger partial charge on any atom is -0.396 e. The van der Waals surface area contributed by atoms with Gasteiger partial charge in [0.15, 0.2) is 17.7 Å². The van der Waals surface area contributed by atoms with Crippen LogP contribution < -0.4 is 5.73 Å². The fourth-order valence-electron chi connectivity index (χ4n) is 2.68. The first-order valence-electron chi connectivity index (χ1n) is 6.63. The summed E-state index contributed by atoms with van der Waals surface area (Å²) in [6.07, 6.45) is -1.30. The predicted molar refractivity (Wildman–Crippen MR) is 76.9 cm³/mol. The molecule has 0 bridgehead atoms. The zero-order valence-corrected chi connectivity index (χ0v) is 12.5. The highest BCUT2D eigenvalue weighted by atomic mass is 35.5. The van der Waals surface area contributed by atoms with E-state index in [4.69, 9.17) is 22.1 Å². The summed E-state index contributed by atoms with van der Waals surface area (Å²) in [5, 5.41) is 29.5. The number of halogens is 1. The average molecular weight is 330 g/mol. The quantitative estimate of drug-likeness (QED) is 0.543. The normalized spacial score (nSPS) is 32.0. The molecule has 22 heavy (non-hydrogen) atoms. The van der Waals surface area contributed by atoms with Gasteiger partial charge in [-0.3, -0.25) is 4.57 Å². The van der Waals surface area contributed by atoms with Gasteiger partial charge < -0.3 is 25.8 Å². The van der Waals surface area contributed by atoms with Gasteiger partial charge in [0.05, 0.1) is 25.6 Å². The van der Waals surface area contributed by atoms with Gasteiger partial charge in [-0.05, 0) is 11.6 Å². The molecular weight excluding hydrogens is 314 g/mol. The Morgan fingerprint density at radius 3 is 2.77 bits per heavy atom. The maximum absolute atomic E-state index is 10.5. The lowest BCUT2D eigenvalue weighted by molar-refractivity contribution is -0.0539. The Balaban J connectivity index is 2.09. The first kappa shape index (κ1) is 15.4. The molecule has 5 N–H and O–H groups in total. The summed E-state index contributed by atoms with van der Waals surface area (Å²) in [4.78, 5) is 12.0. The van der Waals surface area contributed by atoms with Crippen molar-refractivity contribution in [3.8, 4) is 0 Å². The van der Waals surface area contributed by atoms with E-state index in [0.717, 1.165) is 0 Å². The summed E-state index contributed by atoms with van der Waals surface area (Å²) < 4.78 is 7.15. The lowest BCUT2D eigenvalue weighted by Crippen LogP contribution is -2.42. The zero-order valence-electron chi connectivity index (χ0n) is 11.7. The number of hydrogen-bond acceptors (Lipinski definition) is 8. The van der Waals surface area contributed by atoms with E-state index in [-0.39, 0.29) is 24.3 Å². The number of fused-ring (bicyclic) bond motifs is 1. The van der Waals surface area contributed by atoms with Gasteiger partial charge in [-0.15, -0.1) is 0 Å². The smallest absolute Gasteiger partial charge is 0.226 e. The maximum Gasteiger partial charge on any atom is 0.226 e. The van der Waals surface area contributed by atoms with Gasteiger partial charge >= 0.3 is 0 Å². The predicted octanol–water partition coefficient (Wildman–Crippen LogP) is -0.689. The highest BCUT2D eigenvalue weighted by Crippen LogP contribution is 2.43. The highest BCUT2D eigenvalue weighted by Gasteiger charge is 2.53. The van der Waals surface area contributed by atoms with Gasteiger partial charge in [-0.25, -0.2) is 4.98 Å². The molecule has 0 saturated carbocycles. The second-order valence-corrected chi connectivity index (χ2v) is 5.85. The molecule has 9 nitrogen and oxygen atoms in total. The molecule has 1 fully saturated rings. The summed E-state index contributed by atoms with van der Waals surface area (Å²) in [6, 6.07) is 0. The number of aromatic nitrogens is 4. The summed E-state index contributed by atoms with van der Waals surface area (Å²) in [7, 11) is 0. The third-order valence-corrected chi connectivity index (χ3v) is 4.36. The summed E-state index contributed by atoms with van der Waals surface area (Å²) >= 11 is 5.81. The molecule has 0 radical (unpaired) electrons.